The molecule has 18 nitrogen and oxygen atoms in total. The molecule has 7 aliphatic carbocycles. The summed E-state index contributed by atoms with van der Waals surface area (Å²) in [5.74, 6) is 3.34. The standard InChI is InChI=1S/C26H35NO5.C23H31NO5.C22H29NO5/c1-27-12-11-24-21-16-7-8-19(29-2)22(21)32-23(24)26(10-9-25(24,28)20(27)13-16)30-14-17-5-3-4-6-18(17)15-31-26;1-20(2)12-27-23(28-13-20)8-7-22(25)16-11-14-5-6-15(26-4)18-17(14)21(22,19(23)29-18)9-10-24(16)3;1-13-6-11-26-22(28-13)8-7-21(24)16-12-14-4-5-15(25-3)18-17(14)20(21,19(22)27-18)9-10-23(16)2/h7-8,17-18,20,23,28H,3-6,9-15H2,1-2H3;5-6,16,19,25H,7-13H2,1-4H3;4-5,13,16,19,24H,6-12H2,1-3H3/t17?,18?,20-,23-,24+,25?,26?;16-,19-,21+,22?;13?,16-,19-,20+,21?,22?/m111/s1. The number of nitrogens with zero attached hydrogens (tertiary/aromatic N) is 3. The fourth-order valence-corrected chi connectivity index (χ4v) is 22.3. The minimum atomic E-state index is -0.861. The lowest BCUT2D eigenvalue weighted by molar-refractivity contribution is -0.368. The van der Waals surface area contributed by atoms with E-state index in [1.807, 2.05) is 18.2 Å². The molecule has 9 heterocycles. The molecule has 3 aromatic carbocycles. The number of fused-ring (bicyclic) bond motifs is 4. The van der Waals surface area contributed by atoms with Crippen molar-refractivity contribution in [2.75, 3.05) is 95.1 Å². The van der Waals surface area contributed by atoms with Crippen molar-refractivity contribution in [2.24, 2.45) is 17.3 Å². The number of piperidine rings is 3. The van der Waals surface area contributed by atoms with Crippen LogP contribution in [0.5, 0.6) is 34.5 Å². The van der Waals surface area contributed by atoms with Gasteiger partial charge in [-0.1, -0.05) is 44.9 Å². The second-order valence-corrected chi connectivity index (χ2v) is 31.1. The van der Waals surface area contributed by atoms with Gasteiger partial charge in [-0.05, 0) is 171 Å². The maximum absolute atomic E-state index is 12.5. The van der Waals surface area contributed by atoms with Gasteiger partial charge in [-0.3, -0.25) is 0 Å². The molecule has 16 aliphatic rings. The number of benzene rings is 3. The summed E-state index contributed by atoms with van der Waals surface area (Å²) < 4.78 is 76.7. The first-order valence-corrected chi connectivity index (χ1v) is 34.0. The summed E-state index contributed by atoms with van der Waals surface area (Å²) in [6, 6.07) is 12.8. The van der Waals surface area contributed by atoms with Gasteiger partial charge in [0.2, 0.25) is 17.4 Å². The summed E-state index contributed by atoms with van der Waals surface area (Å²) >= 11 is 0. The molecule has 0 radical (unpaired) electrons. The van der Waals surface area contributed by atoms with Crippen LogP contribution >= 0.6 is 0 Å². The molecule has 484 valence electrons. The van der Waals surface area contributed by atoms with Crippen molar-refractivity contribution >= 4 is 0 Å². The van der Waals surface area contributed by atoms with E-state index in [-0.39, 0.29) is 48.0 Å². The van der Waals surface area contributed by atoms with Crippen molar-refractivity contribution in [3.63, 3.8) is 0 Å². The fraction of sp³-hybridized carbons (Fsp3) is 0.746. The quantitative estimate of drug-likeness (QED) is 0.238. The van der Waals surface area contributed by atoms with Crippen LogP contribution in [0.1, 0.15) is 144 Å². The number of aliphatic hydroxyl groups is 3. The summed E-state index contributed by atoms with van der Waals surface area (Å²) in [7, 11) is 11.5. The number of likely N-dealkylation sites (N-methyl/N-ethyl adjacent to an activating group) is 3. The Kier molecular flexibility index (Phi) is 13.1. The molecular weight excluding hydrogens is 1130 g/mol. The van der Waals surface area contributed by atoms with Gasteiger partial charge in [-0.2, -0.15) is 0 Å². The van der Waals surface area contributed by atoms with Crippen LogP contribution in [-0.4, -0.2) is 202 Å². The molecule has 3 N–H and O–H groups in total. The molecule has 9 aliphatic heterocycles. The molecule has 6 spiro atoms. The van der Waals surface area contributed by atoms with E-state index in [1.54, 1.807) is 21.3 Å². The topological polar surface area (TPSA) is 181 Å². The van der Waals surface area contributed by atoms with E-state index in [1.165, 1.54) is 47.9 Å². The summed E-state index contributed by atoms with van der Waals surface area (Å²) in [6.45, 7) is 12.6. The molecule has 18 heteroatoms. The van der Waals surface area contributed by atoms with Crippen LogP contribution in [0.3, 0.4) is 0 Å². The van der Waals surface area contributed by atoms with E-state index in [9.17, 15) is 15.3 Å². The zero-order chi connectivity index (χ0) is 61.3. The highest BCUT2D eigenvalue weighted by Crippen LogP contribution is 2.72. The average molecular weight is 1230 g/mol. The third-order valence-corrected chi connectivity index (χ3v) is 26.7. The molecule has 6 saturated heterocycles. The number of likely N-dealkylation sites (tertiary alicyclic amines) is 3. The van der Waals surface area contributed by atoms with Gasteiger partial charge in [-0.25, -0.2) is 0 Å². The van der Waals surface area contributed by atoms with Crippen molar-refractivity contribution < 1.29 is 72.2 Å². The van der Waals surface area contributed by atoms with Crippen LogP contribution in [0.4, 0.5) is 0 Å². The molecular formula is C71H95N3O15. The van der Waals surface area contributed by atoms with Crippen LogP contribution in [-0.2, 0) is 63.9 Å². The summed E-state index contributed by atoms with van der Waals surface area (Å²) in [5, 5.41) is 37.0. The van der Waals surface area contributed by atoms with Gasteiger partial charge in [-0.15, -0.1) is 0 Å². The van der Waals surface area contributed by atoms with Crippen molar-refractivity contribution in [1.82, 2.24) is 14.7 Å². The van der Waals surface area contributed by atoms with Gasteiger partial charge in [0, 0.05) is 59.5 Å². The van der Waals surface area contributed by atoms with Crippen LogP contribution in [0.15, 0.2) is 36.4 Å². The molecule has 4 saturated carbocycles. The Morgan fingerprint density at radius 3 is 1.21 bits per heavy atom. The minimum absolute atomic E-state index is 0.0210. The van der Waals surface area contributed by atoms with Crippen molar-refractivity contribution in [2.45, 2.75) is 223 Å². The van der Waals surface area contributed by atoms with Crippen LogP contribution < -0.4 is 28.4 Å². The Morgan fingerprint density at radius 2 is 0.831 bits per heavy atom. The Bertz CT molecular complexity index is 3340. The van der Waals surface area contributed by atoms with Gasteiger partial charge in [0.25, 0.3) is 0 Å². The molecule has 6 bridgehead atoms. The molecule has 3 aromatic rings. The lowest BCUT2D eigenvalue weighted by Gasteiger charge is -2.66. The van der Waals surface area contributed by atoms with Crippen LogP contribution in [0.2, 0.25) is 0 Å². The molecule has 10 fully saturated rings. The van der Waals surface area contributed by atoms with E-state index >= 15 is 0 Å². The second kappa shape index (κ2) is 19.8. The average Bonchev–Trinajstić information content (AvgIpc) is 1.60. The predicted octanol–water partition coefficient (Wildman–Crippen LogP) is 7.28. The summed E-state index contributed by atoms with van der Waals surface area (Å²) in [5.41, 5.74) is 3.11. The highest BCUT2D eigenvalue weighted by Gasteiger charge is 2.81. The van der Waals surface area contributed by atoms with Gasteiger partial charge >= 0.3 is 0 Å². The second-order valence-electron chi connectivity index (χ2n) is 31.1. The molecule has 19 rings (SSSR count). The normalized spacial score (nSPS) is 44.7. The molecule has 7 unspecified atom stereocenters. The molecule has 0 aromatic heterocycles. The number of methoxy groups -OCH3 is 3. The van der Waals surface area contributed by atoms with E-state index < -0.39 is 50.4 Å². The Balaban J connectivity index is 0.000000104. The van der Waals surface area contributed by atoms with E-state index in [0.717, 1.165) is 123 Å². The summed E-state index contributed by atoms with van der Waals surface area (Å²) in [4.78, 5) is 7.02. The molecule has 0 amide bonds. The Morgan fingerprint density at radius 1 is 0.461 bits per heavy atom. The van der Waals surface area contributed by atoms with Gasteiger partial charge in [0.15, 0.2) is 52.8 Å². The minimum Gasteiger partial charge on any atom is -0.493 e. The molecule has 16 atom stereocenters. The van der Waals surface area contributed by atoms with E-state index in [0.29, 0.717) is 70.2 Å². The smallest absolute Gasteiger partial charge is 0.207 e. The van der Waals surface area contributed by atoms with Gasteiger partial charge in [0.05, 0.1) is 93.5 Å². The molecule has 89 heavy (non-hydrogen) atoms. The third-order valence-electron chi connectivity index (χ3n) is 26.7. The zero-order valence-corrected chi connectivity index (χ0v) is 53.9. The Hall–Kier alpha value is -4.02. The van der Waals surface area contributed by atoms with Crippen LogP contribution in [0.25, 0.3) is 0 Å². The lowest BCUT2D eigenvalue weighted by atomic mass is 9.48. The monoisotopic (exact) mass is 1230 g/mol. The van der Waals surface area contributed by atoms with Crippen molar-refractivity contribution in [3.05, 3.63) is 69.8 Å². The first-order chi connectivity index (χ1) is 42.7. The predicted molar refractivity (Wildman–Crippen MR) is 326 cm³/mol. The number of rotatable bonds is 3. The van der Waals surface area contributed by atoms with E-state index in [4.69, 9.17) is 56.8 Å². The van der Waals surface area contributed by atoms with Gasteiger partial charge in [0.1, 0.15) is 0 Å². The number of hydrogen-bond acceptors (Lipinski definition) is 18. The number of hydrogen-bond donors (Lipinski definition) is 3. The SMILES string of the molecule is COc1ccc2c3c1O[C@H]1C4(CCC5(O)[C@@H](C2)N(C)CC[C@]315)OCC(C)(C)CO4.COc1ccc2c3c1O[C@H]1C4(CCC5(O)[C@@H](C2)N(C)CC[C@]315)OCC1CCCCC1CO4.COc1ccc2c3c1O[C@H]1C4(CCC5(O)[C@@H](C2)N(C)CC[C@]315)OCCC(C)O4. The zero-order valence-electron chi connectivity index (χ0n) is 53.9. The first-order valence-electron chi connectivity index (χ1n) is 34.0. The highest BCUT2D eigenvalue weighted by atomic mass is 16.7. The Labute approximate surface area is 524 Å². The largest absolute Gasteiger partial charge is 0.493 e. The number of ether oxygens (including phenoxy) is 12. The highest BCUT2D eigenvalue weighted by molar-refractivity contribution is 5.66. The third kappa shape index (κ3) is 7.41. The first kappa shape index (κ1) is 58.8. The maximum atomic E-state index is 12.5. The van der Waals surface area contributed by atoms with E-state index in [2.05, 4.69) is 74.8 Å². The summed E-state index contributed by atoms with van der Waals surface area (Å²) in [6.07, 6.45) is 13.9. The van der Waals surface area contributed by atoms with Crippen LogP contribution in [0, 0.1) is 17.3 Å². The van der Waals surface area contributed by atoms with Gasteiger partial charge < -0.3 is 86.9 Å². The lowest BCUT2D eigenvalue weighted by Crippen LogP contribution is -2.80. The van der Waals surface area contributed by atoms with Crippen molar-refractivity contribution in [1.29, 1.82) is 0 Å². The maximum Gasteiger partial charge on any atom is 0.207 e. The van der Waals surface area contributed by atoms with Crippen molar-refractivity contribution in [3.8, 4) is 34.5 Å². The fourth-order valence-electron chi connectivity index (χ4n) is 22.3.